The molecule has 6 heteroatoms. The Hall–Kier alpha value is -2.34. The molecule has 1 heterocycles. The first-order valence-corrected chi connectivity index (χ1v) is 11.4. The van der Waals surface area contributed by atoms with Gasteiger partial charge in [-0.3, -0.25) is 4.79 Å². The van der Waals surface area contributed by atoms with E-state index in [0.29, 0.717) is 0 Å². The first kappa shape index (κ1) is 22.3. The molecule has 1 fully saturated rings. The molecule has 1 aliphatic heterocycles. The van der Waals surface area contributed by atoms with E-state index in [1.165, 1.54) is 37.1 Å². The zero-order valence-corrected chi connectivity index (χ0v) is 19.0. The van der Waals surface area contributed by atoms with Crippen molar-refractivity contribution in [2.24, 2.45) is 0 Å². The molecule has 1 atom stereocenters. The minimum Gasteiger partial charge on any atom is -0.478 e. The van der Waals surface area contributed by atoms with E-state index < -0.39 is 5.97 Å². The molecule has 0 radical (unpaired) electrons. The second kappa shape index (κ2) is 10.6. The second-order valence-electron chi connectivity index (χ2n) is 7.84. The fraction of sp³-hybridized carbons (Fsp3) is 0.417. The molecular weight excluding hydrogens is 444 g/mol. The summed E-state index contributed by atoms with van der Waals surface area (Å²) < 4.78 is 1.01. The molecule has 1 saturated heterocycles. The molecule has 30 heavy (non-hydrogen) atoms. The van der Waals surface area contributed by atoms with E-state index in [0.717, 1.165) is 41.5 Å². The maximum atomic E-state index is 12.8. The van der Waals surface area contributed by atoms with Crippen molar-refractivity contribution in [3.05, 3.63) is 63.6 Å². The molecule has 2 aromatic carbocycles. The molecule has 2 aromatic rings. The van der Waals surface area contributed by atoms with Crippen LogP contribution in [0.3, 0.4) is 0 Å². The smallest absolute Gasteiger partial charge is 0.335 e. The van der Waals surface area contributed by atoms with Crippen LogP contribution in [0, 0.1) is 0 Å². The summed E-state index contributed by atoms with van der Waals surface area (Å²) in [4.78, 5) is 26.3. The number of amides is 1. The minimum absolute atomic E-state index is 0.0545. The van der Waals surface area contributed by atoms with Gasteiger partial charge in [-0.2, -0.15) is 0 Å². The number of rotatable bonds is 8. The number of benzene rings is 2. The van der Waals surface area contributed by atoms with Crippen molar-refractivity contribution in [2.75, 3.05) is 18.0 Å². The van der Waals surface area contributed by atoms with Crippen LogP contribution in [0.1, 0.15) is 66.6 Å². The average molecular weight is 473 g/mol. The van der Waals surface area contributed by atoms with Crippen LogP contribution in [0.5, 0.6) is 0 Å². The molecule has 0 aliphatic carbocycles. The number of anilines is 1. The number of carbonyl (C=O) groups is 2. The predicted octanol–water partition coefficient (Wildman–Crippen LogP) is 5.34. The normalized spacial score (nSPS) is 14.9. The second-order valence-corrected chi connectivity index (χ2v) is 8.75. The van der Waals surface area contributed by atoms with E-state index in [-0.39, 0.29) is 23.9 Å². The van der Waals surface area contributed by atoms with E-state index in [2.05, 4.69) is 51.3 Å². The van der Waals surface area contributed by atoms with Gasteiger partial charge in [-0.25, -0.2) is 4.79 Å². The van der Waals surface area contributed by atoms with Crippen molar-refractivity contribution in [1.82, 2.24) is 5.32 Å². The van der Waals surface area contributed by atoms with Crippen molar-refractivity contribution < 1.29 is 14.7 Å². The highest BCUT2D eigenvalue weighted by Gasteiger charge is 2.22. The summed E-state index contributed by atoms with van der Waals surface area (Å²) in [6.45, 7) is 4.23. The van der Waals surface area contributed by atoms with E-state index in [9.17, 15) is 9.59 Å². The Bertz CT molecular complexity index is 877. The Balaban J connectivity index is 1.77. The number of hydrogen-bond acceptors (Lipinski definition) is 3. The summed E-state index contributed by atoms with van der Waals surface area (Å²) in [6, 6.07) is 12.8. The lowest BCUT2D eigenvalue weighted by Crippen LogP contribution is -2.34. The number of nitrogens with zero attached hydrogens (tertiary/aromatic N) is 1. The van der Waals surface area contributed by atoms with Gasteiger partial charge in [0.2, 0.25) is 5.91 Å². The van der Waals surface area contributed by atoms with Crippen LogP contribution in [0.15, 0.2) is 46.9 Å². The topological polar surface area (TPSA) is 69.6 Å². The van der Waals surface area contributed by atoms with E-state index >= 15 is 0 Å². The lowest BCUT2D eigenvalue weighted by molar-refractivity contribution is -0.121. The predicted molar refractivity (Wildman–Crippen MR) is 123 cm³/mol. The van der Waals surface area contributed by atoms with Crippen LogP contribution in [-0.2, 0) is 11.2 Å². The molecule has 1 aliphatic rings. The number of piperidine rings is 1. The molecule has 3 rings (SSSR count). The molecule has 160 valence electrons. The van der Waals surface area contributed by atoms with Gasteiger partial charge in [0.05, 0.1) is 18.0 Å². The minimum atomic E-state index is -0.964. The zero-order valence-electron chi connectivity index (χ0n) is 17.4. The molecule has 1 unspecified atom stereocenters. The van der Waals surface area contributed by atoms with Crippen molar-refractivity contribution in [2.45, 2.75) is 51.5 Å². The molecule has 0 aromatic heterocycles. The first-order chi connectivity index (χ1) is 14.5. The Morgan fingerprint density at radius 1 is 1.10 bits per heavy atom. The van der Waals surface area contributed by atoms with Gasteiger partial charge in [-0.05, 0) is 67.1 Å². The van der Waals surface area contributed by atoms with Gasteiger partial charge >= 0.3 is 5.97 Å². The molecule has 0 saturated carbocycles. The Kier molecular flexibility index (Phi) is 7.91. The van der Waals surface area contributed by atoms with Crippen molar-refractivity contribution in [1.29, 1.82) is 0 Å². The molecule has 0 bridgehead atoms. The highest BCUT2D eigenvalue weighted by molar-refractivity contribution is 9.10. The van der Waals surface area contributed by atoms with E-state index in [1.807, 2.05) is 0 Å². The van der Waals surface area contributed by atoms with Crippen LogP contribution in [0.4, 0.5) is 5.69 Å². The number of halogens is 1. The Labute approximate surface area is 186 Å². The molecule has 1 amide bonds. The summed E-state index contributed by atoms with van der Waals surface area (Å²) in [5.74, 6) is -1.02. The lowest BCUT2D eigenvalue weighted by Gasteiger charge is -2.33. The quantitative estimate of drug-likeness (QED) is 0.543. The van der Waals surface area contributed by atoms with Crippen LogP contribution in [0.2, 0.25) is 0 Å². The SMILES string of the molecule is CCCC(NC(=O)Cc1ccc(C(=O)O)cc1)c1cc(Br)ccc1N1CCCCC1. The van der Waals surface area contributed by atoms with Crippen LogP contribution >= 0.6 is 15.9 Å². The standard InChI is InChI=1S/C24H29BrN2O3/c1-2-6-21(26-23(28)15-17-7-9-18(10-8-17)24(29)30)20-16-19(25)11-12-22(20)27-13-4-3-5-14-27/h7-12,16,21H,2-6,13-15H2,1H3,(H,26,28)(H,29,30). The van der Waals surface area contributed by atoms with Crippen molar-refractivity contribution >= 4 is 33.5 Å². The van der Waals surface area contributed by atoms with Crippen LogP contribution < -0.4 is 10.2 Å². The van der Waals surface area contributed by atoms with Crippen LogP contribution in [0.25, 0.3) is 0 Å². The first-order valence-electron chi connectivity index (χ1n) is 10.6. The number of carboxylic acid groups (broad SMARTS) is 1. The van der Waals surface area contributed by atoms with Crippen molar-refractivity contribution in [3.8, 4) is 0 Å². The lowest BCUT2D eigenvalue weighted by atomic mass is 9.98. The average Bonchev–Trinajstić information content (AvgIpc) is 2.74. The summed E-state index contributed by atoms with van der Waals surface area (Å²) in [7, 11) is 0. The highest BCUT2D eigenvalue weighted by Crippen LogP contribution is 2.33. The highest BCUT2D eigenvalue weighted by atomic mass is 79.9. The Morgan fingerprint density at radius 2 is 1.80 bits per heavy atom. The third-order valence-corrected chi connectivity index (χ3v) is 6.03. The maximum absolute atomic E-state index is 12.8. The number of nitrogens with one attached hydrogen (secondary N) is 1. The third kappa shape index (κ3) is 5.85. The number of aromatic carboxylic acids is 1. The molecule has 2 N–H and O–H groups in total. The van der Waals surface area contributed by atoms with Gasteiger partial charge in [0.25, 0.3) is 0 Å². The third-order valence-electron chi connectivity index (χ3n) is 5.54. The van der Waals surface area contributed by atoms with Gasteiger partial charge in [0.1, 0.15) is 0 Å². The van der Waals surface area contributed by atoms with Gasteiger partial charge in [0, 0.05) is 23.2 Å². The number of carboxylic acids is 1. The largest absolute Gasteiger partial charge is 0.478 e. The molecular formula is C24H29BrN2O3. The number of hydrogen-bond donors (Lipinski definition) is 2. The van der Waals surface area contributed by atoms with Gasteiger partial charge in [-0.15, -0.1) is 0 Å². The summed E-state index contributed by atoms with van der Waals surface area (Å²) >= 11 is 3.60. The van der Waals surface area contributed by atoms with E-state index in [4.69, 9.17) is 5.11 Å². The van der Waals surface area contributed by atoms with Crippen molar-refractivity contribution in [3.63, 3.8) is 0 Å². The summed E-state index contributed by atoms with van der Waals surface area (Å²) in [6.07, 6.45) is 5.73. The fourth-order valence-corrected chi connectivity index (χ4v) is 4.40. The summed E-state index contributed by atoms with van der Waals surface area (Å²) in [5.41, 5.74) is 3.40. The molecule has 5 nitrogen and oxygen atoms in total. The molecule has 0 spiro atoms. The van der Waals surface area contributed by atoms with Crippen LogP contribution in [-0.4, -0.2) is 30.1 Å². The van der Waals surface area contributed by atoms with Gasteiger partial charge < -0.3 is 15.3 Å². The van der Waals surface area contributed by atoms with Gasteiger partial charge in [-0.1, -0.05) is 41.4 Å². The Morgan fingerprint density at radius 3 is 2.43 bits per heavy atom. The maximum Gasteiger partial charge on any atom is 0.335 e. The zero-order chi connectivity index (χ0) is 21.5. The van der Waals surface area contributed by atoms with E-state index in [1.54, 1.807) is 12.1 Å². The van der Waals surface area contributed by atoms with Gasteiger partial charge in [0.15, 0.2) is 0 Å². The monoisotopic (exact) mass is 472 g/mol. The summed E-state index contributed by atoms with van der Waals surface area (Å²) in [5, 5.41) is 12.3. The number of carbonyl (C=O) groups excluding carboxylic acids is 1. The fourth-order valence-electron chi connectivity index (χ4n) is 4.02.